The number of carbonyl (C=O) groups is 2. The van der Waals surface area contributed by atoms with Crippen molar-refractivity contribution in [2.24, 2.45) is 0 Å². The monoisotopic (exact) mass is 574 g/mol. The normalized spacial score (nSPS) is 12.8. The molecule has 212 valence electrons. The van der Waals surface area contributed by atoms with E-state index in [9.17, 15) is 18.0 Å². The minimum absolute atomic E-state index is 0.0711. The highest BCUT2D eigenvalue weighted by Crippen LogP contribution is 2.46. The standard InChI is InChI=1S/C31H30N2O7S/c1-4-39-29-24-11-6-7-12-25(24)30(40-5-2)28-26(29)19-33(31(28)35)21-15-13-20(14-16-21)17-27(34)32-41(36,37)23-10-8-9-22(18-23)38-3/h6-16,18H,4-5,17,19H2,1-3H3,(H,32,34). The molecule has 9 nitrogen and oxygen atoms in total. The molecular weight excluding hydrogens is 544 g/mol. The summed E-state index contributed by atoms with van der Waals surface area (Å²) in [6.07, 6.45) is -0.161. The molecule has 5 rings (SSSR count). The molecule has 1 aliphatic rings. The number of fused-ring (bicyclic) bond motifs is 2. The molecule has 41 heavy (non-hydrogen) atoms. The average Bonchev–Trinajstić information content (AvgIpc) is 3.31. The van der Waals surface area contributed by atoms with E-state index in [4.69, 9.17) is 14.2 Å². The molecule has 4 aromatic carbocycles. The zero-order valence-corrected chi connectivity index (χ0v) is 23.8. The number of sulfonamides is 1. The van der Waals surface area contributed by atoms with Crippen LogP contribution in [-0.2, 0) is 27.8 Å². The highest BCUT2D eigenvalue weighted by Gasteiger charge is 2.36. The van der Waals surface area contributed by atoms with Crippen LogP contribution in [0.4, 0.5) is 5.69 Å². The van der Waals surface area contributed by atoms with E-state index in [1.807, 2.05) is 38.1 Å². The smallest absolute Gasteiger partial charge is 0.264 e. The van der Waals surface area contributed by atoms with Gasteiger partial charge in [-0.05, 0) is 43.7 Å². The third-order valence-electron chi connectivity index (χ3n) is 6.78. The zero-order valence-electron chi connectivity index (χ0n) is 23.0. The van der Waals surface area contributed by atoms with Crippen LogP contribution in [-0.4, -0.2) is 40.6 Å². The molecule has 0 atom stereocenters. The van der Waals surface area contributed by atoms with Crippen molar-refractivity contribution in [3.05, 3.63) is 89.5 Å². The SMILES string of the molecule is CCOc1c2c(c(OCC)c3ccccc13)C(=O)N(c1ccc(CC(=O)NS(=O)(=O)c3cccc(OC)c3)cc1)C2. The maximum atomic E-state index is 13.7. The quantitative estimate of drug-likeness (QED) is 0.288. The van der Waals surface area contributed by atoms with Crippen LogP contribution in [0.15, 0.2) is 77.7 Å². The van der Waals surface area contributed by atoms with E-state index in [2.05, 4.69) is 4.72 Å². The number of ether oxygens (including phenoxy) is 3. The Hall–Kier alpha value is -4.57. The van der Waals surface area contributed by atoms with E-state index in [0.29, 0.717) is 53.8 Å². The molecule has 1 aliphatic heterocycles. The lowest BCUT2D eigenvalue weighted by Gasteiger charge is -2.16. The molecule has 4 aromatic rings. The molecule has 10 heteroatoms. The van der Waals surface area contributed by atoms with Gasteiger partial charge in [0.15, 0.2) is 0 Å². The van der Waals surface area contributed by atoms with Crippen molar-refractivity contribution in [3.8, 4) is 17.2 Å². The minimum atomic E-state index is -4.06. The molecule has 2 amide bonds. The molecule has 1 heterocycles. The fourth-order valence-electron chi connectivity index (χ4n) is 4.97. The van der Waals surface area contributed by atoms with Crippen molar-refractivity contribution in [2.45, 2.75) is 31.7 Å². The summed E-state index contributed by atoms with van der Waals surface area (Å²) >= 11 is 0. The fraction of sp³-hybridized carbons (Fsp3) is 0.226. The molecule has 0 spiro atoms. The first-order valence-electron chi connectivity index (χ1n) is 13.2. The predicted octanol–water partition coefficient (Wildman–Crippen LogP) is 4.85. The molecular formula is C31H30N2O7S. The van der Waals surface area contributed by atoms with Crippen LogP contribution < -0.4 is 23.8 Å². The molecule has 0 radical (unpaired) electrons. The maximum absolute atomic E-state index is 13.7. The second-order valence-corrected chi connectivity index (χ2v) is 11.0. The Bertz CT molecular complexity index is 1730. The Morgan fingerprint density at radius 2 is 1.56 bits per heavy atom. The highest BCUT2D eigenvalue weighted by molar-refractivity contribution is 7.90. The van der Waals surface area contributed by atoms with Gasteiger partial charge in [0.05, 0.1) is 43.7 Å². The summed E-state index contributed by atoms with van der Waals surface area (Å²) < 4.78 is 44.5. The van der Waals surface area contributed by atoms with Crippen molar-refractivity contribution < 1.29 is 32.2 Å². The van der Waals surface area contributed by atoms with Crippen LogP contribution in [0, 0.1) is 0 Å². The number of nitrogens with zero attached hydrogens (tertiary/aromatic N) is 1. The lowest BCUT2D eigenvalue weighted by atomic mass is 9.99. The molecule has 0 unspecified atom stereocenters. The zero-order chi connectivity index (χ0) is 29.1. The Balaban J connectivity index is 1.37. The average molecular weight is 575 g/mol. The van der Waals surface area contributed by atoms with Crippen LogP contribution in [0.2, 0.25) is 0 Å². The van der Waals surface area contributed by atoms with E-state index in [1.54, 1.807) is 35.2 Å². The lowest BCUT2D eigenvalue weighted by Crippen LogP contribution is -2.31. The van der Waals surface area contributed by atoms with E-state index in [0.717, 1.165) is 16.3 Å². The van der Waals surface area contributed by atoms with Crippen molar-refractivity contribution in [1.29, 1.82) is 0 Å². The van der Waals surface area contributed by atoms with Crippen molar-refractivity contribution in [2.75, 3.05) is 25.2 Å². The van der Waals surface area contributed by atoms with Gasteiger partial charge in [0.25, 0.3) is 15.9 Å². The Kier molecular flexibility index (Phi) is 7.85. The largest absolute Gasteiger partial charge is 0.497 e. The number of rotatable bonds is 10. The van der Waals surface area contributed by atoms with E-state index in [1.165, 1.54) is 25.3 Å². The Labute approximate surface area is 238 Å². The van der Waals surface area contributed by atoms with Gasteiger partial charge in [0.2, 0.25) is 5.91 Å². The molecule has 0 aromatic heterocycles. The van der Waals surface area contributed by atoms with Crippen LogP contribution >= 0.6 is 0 Å². The lowest BCUT2D eigenvalue weighted by molar-refractivity contribution is -0.118. The van der Waals surface area contributed by atoms with E-state index in [-0.39, 0.29) is 17.2 Å². The van der Waals surface area contributed by atoms with Crippen LogP contribution in [0.25, 0.3) is 10.8 Å². The second-order valence-electron chi connectivity index (χ2n) is 9.37. The first-order valence-corrected chi connectivity index (χ1v) is 14.7. The van der Waals surface area contributed by atoms with Crippen LogP contribution in [0.3, 0.4) is 0 Å². The third kappa shape index (κ3) is 5.43. The topological polar surface area (TPSA) is 111 Å². The number of amides is 2. The summed E-state index contributed by atoms with van der Waals surface area (Å²) in [7, 11) is -2.63. The number of methoxy groups -OCH3 is 1. The minimum Gasteiger partial charge on any atom is -0.497 e. The molecule has 0 bridgehead atoms. The summed E-state index contributed by atoms with van der Waals surface area (Å²) in [4.78, 5) is 27.9. The van der Waals surface area contributed by atoms with E-state index < -0.39 is 15.9 Å². The number of carbonyl (C=O) groups excluding carboxylic acids is 2. The third-order valence-corrected chi connectivity index (χ3v) is 8.16. The predicted molar refractivity (Wildman–Crippen MR) is 155 cm³/mol. The maximum Gasteiger partial charge on any atom is 0.264 e. The summed E-state index contributed by atoms with van der Waals surface area (Å²) in [6, 6.07) is 20.5. The van der Waals surface area contributed by atoms with Gasteiger partial charge in [-0.3, -0.25) is 9.59 Å². The van der Waals surface area contributed by atoms with Gasteiger partial charge < -0.3 is 19.1 Å². The number of anilines is 1. The van der Waals surface area contributed by atoms with Gasteiger partial charge in [-0.25, -0.2) is 13.1 Å². The van der Waals surface area contributed by atoms with Crippen molar-refractivity contribution in [1.82, 2.24) is 4.72 Å². The number of benzene rings is 4. The summed E-state index contributed by atoms with van der Waals surface area (Å²) in [6.45, 7) is 4.94. The second kappa shape index (κ2) is 11.5. The number of nitrogens with one attached hydrogen (secondary N) is 1. The van der Waals surface area contributed by atoms with Gasteiger partial charge in [0.1, 0.15) is 17.2 Å². The van der Waals surface area contributed by atoms with Gasteiger partial charge >= 0.3 is 0 Å². The van der Waals surface area contributed by atoms with Crippen LogP contribution in [0.5, 0.6) is 17.2 Å². The summed E-state index contributed by atoms with van der Waals surface area (Å²) in [5, 5.41) is 1.70. The fourth-order valence-corrected chi connectivity index (χ4v) is 5.99. The molecule has 0 saturated heterocycles. The van der Waals surface area contributed by atoms with Gasteiger partial charge in [-0.15, -0.1) is 0 Å². The van der Waals surface area contributed by atoms with Gasteiger partial charge in [-0.2, -0.15) is 0 Å². The first kappa shape index (κ1) is 28.0. The molecule has 0 aliphatic carbocycles. The van der Waals surface area contributed by atoms with E-state index >= 15 is 0 Å². The first-order chi connectivity index (χ1) is 19.8. The molecule has 1 N–H and O–H groups in total. The summed E-state index contributed by atoms with van der Waals surface area (Å²) in [5.41, 5.74) is 2.48. The molecule has 0 fully saturated rings. The number of hydrogen-bond donors (Lipinski definition) is 1. The molecule has 0 saturated carbocycles. The number of hydrogen-bond acceptors (Lipinski definition) is 7. The van der Waals surface area contributed by atoms with Gasteiger partial charge in [0, 0.05) is 28.1 Å². The highest BCUT2D eigenvalue weighted by atomic mass is 32.2. The Morgan fingerprint density at radius 3 is 2.22 bits per heavy atom. The van der Waals surface area contributed by atoms with Crippen molar-refractivity contribution in [3.63, 3.8) is 0 Å². The Morgan fingerprint density at radius 1 is 0.902 bits per heavy atom. The van der Waals surface area contributed by atoms with Crippen molar-refractivity contribution >= 4 is 38.3 Å². The summed E-state index contributed by atoms with van der Waals surface area (Å²) in [5.74, 6) is 0.691. The van der Waals surface area contributed by atoms with Crippen LogP contribution in [0.1, 0.15) is 35.3 Å². The van der Waals surface area contributed by atoms with Gasteiger partial charge in [-0.1, -0.05) is 42.5 Å².